The van der Waals surface area contributed by atoms with Crippen molar-refractivity contribution in [1.29, 1.82) is 0 Å². The van der Waals surface area contributed by atoms with E-state index in [1.807, 2.05) is 0 Å². The molecule has 68 valence electrons. The Balaban J connectivity index is 4.10. The minimum absolute atomic E-state index is 0.839. The van der Waals surface area contributed by atoms with Crippen LogP contribution in [0.4, 0.5) is 13.2 Å². The molecule has 0 rings (SSSR count). The quantitative estimate of drug-likeness (QED) is 0.463. The van der Waals surface area contributed by atoms with Crippen LogP contribution in [-0.2, 0) is 4.57 Å². The van der Waals surface area contributed by atoms with Crippen molar-refractivity contribution in [3.05, 3.63) is 0 Å². The van der Waals surface area contributed by atoms with Crippen molar-refractivity contribution < 1.29 is 32.6 Å². The summed E-state index contributed by atoms with van der Waals surface area (Å²) in [6.07, 6.45) is -5.01. The normalized spacial score (nSPS) is 16.5. The Kier molecular flexibility index (Phi) is 3.40. The van der Waals surface area contributed by atoms with E-state index < -0.39 is 29.8 Å². The van der Waals surface area contributed by atoms with Gasteiger partial charge in [-0.05, 0) is 0 Å². The smallest absolute Gasteiger partial charge is 0.373 e. The van der Waals surface area contributed by atoms with Crippen LogP contribution in [0.15, 0.2) is 0 Å². The molecule has 0 aromatic rings. The molecule has 0 radical (unpaired) electrons. The van der Waals surface area contributed by atoms with Crippen molar-refractivity contribution in [3.8, 4) is 0 Å². The Morgan fingerprint density at radius 2 is 1.73 bits per heavy atom. The van der Waals surface area contributed by atoms with E-state index in [1.165, 1.54) is 0 Å². The molecule has 0 bridgehead atoms. The predicted octanol–water partition coefficient (Wildman–Crippen LogP) is 0.693. The van der Waals surface area contributed by atoms with Gasteiger partial charge in [0.1, 0.15) is 0 Å². The molecule has 0 spiro atoms. The van der Waals surface area contributed by atoms with E-state index in [-0.39, 0.29) is 0 Å². The molecule has 0 saturated heterocycles. The average molecular weight is 212 g/mol. The Bertz CT molecular complexity index is 175. The molecule has 0 aliphatic heterocycles. The van der Waals surface area contributed by atoms with Gasteiger partial charge in [-0.25, -0.2) is 4.57 Å². The second kappa shape index (κ2) is 3.32. The fourth-order valence-electron chi connectivity index (χ4n) is 0.190. The second-order valence-electron chi connectivity index (χ2n) is 1.49. The zero-order valence-electron chi connectivity index (χ0n) is 4.82. The third kappa shape index (κ3) is 5.51. The van der Waals surface area contributed by atoms with Crippen LogP contribution in [0.5, 0.6) is 0 Å². The summed E-state index contributed by atoms with van der Waals surface area (Å²) in [6, 6.07) is 0. The first-order valence-electron chi connectivity index (χ1n) is 2.11. The molecule has 0 aliphatic carbocycles. The summed E-state index contributed by atoms with van der Waals surface area (Å²) in [5, 5.41) is 8.07. The average Bonchev–Trinajstić information content (AvgIpc) is 1.56. The highest BCUT2D eigenvalue weighted by molar-refractivity contribution is 8.54. The van der Waals surface area contributed by atoms with Gasteiger partial charge >= 0.3 is 13.0 Å². The highest BCUT2D eigenvalue weighted by Gasteiger charge is 2.42. The molecule has 4 nitrogen and oxygen atoms in total. The van der Waals surface area contributed by atoms with Gasteiger partial charge in [-0.15, -0.1) is 0 Å². The summed E-state index contributed by atoms with van der Waals surface area (Å²) in [5.74, 6) is 0. The van der Waals surface area contributed by atoms with Gasteiger partial charge in [0.15, 0.2) is 0 Å². The highest BCUT2D eigenvalue weighted by atomic mass is 32.7. The first-order chi connectivity index (χ1) is 4.63. The van der Waals surface area contributed by atoms with Crippen LogP contribution in [0, 0.1) is 0 Å². The fraction of sp³-hybridized carbons (Fsp3) is 1.00. The third-order valence-corrected chi connectivity index (χ3v) is 2.68. The van der Waals surface area contributed by atoms with Crippen LogP contribution in [0.25, 0.3) is 0 Å². The largest absolute Gasteiger partial charge is 0.424 e. The summed E-state index contributed by atoms with van der Waals surface area (Å²) in [5.41, 5.74) is -3.04. The van der Waals surface area contributed by atoms with Gasteiger partial charge in [-0.1, -0.05) is 0 Å². The van der Waals surface area contributed by atoms with Crippen molar-refractivity contribution in [3.63, 3.8) is 0 Å². The highest BCUT2D eigenvalue weighted by Crippen LogP contribution is 2.54. The molecule has 3 N–H and O–H groups in total. The Morgan fingerprint density at radius 1 is 1.36 bits per heavy atom. The van der Waals surface area contributed by atoms with Gasteiger partial charge in [-0.2, -0.15) is 13.2 Å². The maximum atomic E-state index is 11.4. The molecule has 0 heterocycles. The monoisotopic (exact) mass is 212 g/mol. The molecular formula is C2H4F3O4PS. The van der Waals surface area contributed by atoms with Crippen molar-refractivity contribution in [2.24, 2.45) is 0 Å². The molecule has 0 amide bonds. The number of aliphatic hydroxyl groups is 1. The fourth-order valence-corrected chi connectivity index (χ4v) is 1.71. The molecule has 0 aliphatic rings. The Labute approximate surface area is 63.3 Å². The summed E-state index contributed by atoms with van der Waals surface area (Å²) in [6.45, 7) is -4.87. The number of hydrogen-bond acceptors (Lipinski definition) is 3. The van der Waals surface area contributed by atoms with Crippen molar-refractivity contribution in [2.45, 2.75) is 11.6 Å². The summed E-state index contributed by atoms with van der Waals surface area (Å²) in [7, 11) is 0. The van der Waals surface area contributed by atoms with Gasteiger partial charge < -0.3 is 14.9 Å². The van der Waals surface area contributed by atoms with Crippen molar-refractivity contribution in [1.82, 2.24) is 0 Å². The van der Waals surface area contributed by atoms with E-state index in [9.17, 15) is 17.7 Å². The van der Waals surface area contributed by atoms with E-state index >= 15 is 0 Å². The predicted molar refractivity (Wildman–Crippen MR) is 31.7 cm³/mol. The number of halogens is 3. The number of aliphatic hydroxyl groups excluding tert-OH is 1. The molecule has 11 heavy (non-hydrogen) atoms. The van der Waals surface area contributed by atoms with E-state index in [0.717, 1.165) is 0 Å². The van der Waals surface area contributed by atoms with Crippen LogP contribution < -0.4 is 0 Å². The number of rotatable bonds is 2. The van der Waals surface area contributed by atoms with Gasteiger partial charge in [-0.3, -0.25) is 0 Å². The Morgan fingerprint density at radius 3 is 1.82 bits per heavy atom. The lowest BCUT2D eigenvalue weighted by Gasteiger charge is -2.13. The van der Waals surface area contributed by atoms with E-state index in [0.29, 0.717) is 0 Å². The number of hydrogen-bond donors (Lipinski definition) is 3. The van der Waals surface area contributed by atoms with Gasteiger partial charge in [0, 0.05) is 11.4 Å². The zero-order valence-corrected chi connectivity index (χ0v) is 6.53. The maximum absolute atomic E-state index is 11.4. The van der Waals surface area contributed by atoms with Crippen LogP contribution in [0.3, 0.4) is 0 Å². The minimum Gasteiger partial charge on any atom is -0.373 e. The Hall–Kier alpha value is 0.250. The molecule has 0 fully saturated rings. The summed E-state index contributed by atoms with van der Waals surface area (Å²) < 4.78 is 44.0. The maximum Gasteiger partial charge on any atom is 0.424 e. The zero-order chi connectivity index (χ0) is 9.28. The topological polar surface area (TPSA) is 77.8 Å². The van der Waals surface area contributed by atoms with E-state index in [2.05, 4.69) is 0 Å². The minimum atomic E-state index is -5.01. The molecular weight excluding hydrogens is 208 g/mol. The summed E-state index contributed by atoms with van der Waals surface area (Å²) >= 11 is -0.839. The summed E-state index contributed by atoms with van der Waals surface area (Å²) in [4.78, 5) is 15.9. The molecule has 0 aromatic carbocycles. The second-order valence-corrected chi connectivity index (χ2v) is 5.19. The van der Waals surface area contributed by atoms with Crippen molar-refractivity contribution >= 4 is 18.2 Å². The molecule has 9 heteroatoms. The first kappa shape index (κ1) is 11.2. The standard InChI is InChI=1S/C2H4F3O4PS/c3-2(4,5)1(6)11-10(7,8)9/h1,6H,(H2,7,8,9)/t1-/m0/s1. The molecule has 0 aromatic heterocycles. The van der Waals surface area contributed by atoms with Crippen LogP contribution in [0.1, 0.15) is 0 Å². The third-order valence-electron chi connectivity index (χ3n) is 0.517. The van der Waals surface area contributed by atoms with Gasteiger partial charge in [0.2, 0.25) is 5.44 Å². The van der Waals surface area contributed by atoms with Gasteiger partial charge in [0.05, 0.1) is 0 Å². The number of alkyl halides is 3. The van der Waals surface area contributed by atoms with Crippen LogP contribution in [0.2, 0.25) is 0 Å². The first-order valence-corrected chi connectivity index (χ1v) is 5.21. The molecule has 0 unspecified atom stereocenters. The van der Waals surface area contributed by atoms with Crippen molar-refractivity contribution in [2.75, 3.05) is 0 Å². The van der Waals surface area contributed by atoms with Crippen LogP contribution in [-0.4, -0.2) is 26.5 Å². The molecule has 1 atom stereocenters. The lowest BCUT2D eigenvalue weighted by molar-refractivity contribution is -0.173. The lowest BCUT2D eigenvalue weighted by atomic mass is 10.7. The van der Waals surface area contributed by atoms with Crippen LogP contribution >= 0.6 is 18.2 Å². The lowest BCUT2D eigenvalue weighted by Crippen LogP contribution is -2.24. The van der Waals surface area contributed by atoms with E-state index in [4.69, 9.17) is 14.9 Å². The van der Waals surface area contributed by atoms with Gasteiger partial charge in [0.25, 0.3) is 0 Å². The SMILES string of the molecule is O=P(O)(O)S[C@H](O)C(F)(F)F. The molecule has 0 saturated carbocycles. The van der Waals surface area contributed by atoms with E-state index in [1.54, 1.807) is 0 Å².